The van der Waals surface area contributed by atoms with Crippen LogP contribution in [0.25, 0.3) is 0 Å². The Labute approximate surface area is 121 Å². The van der Waals surface area contributed by atoms with E-state index >= 15 is 0 Å². The van der Waals surface area contributed by atoms with Gasteiger partial charge in [0, 0.05) is 4.47 Å². The molecule has 2 aromatic rings. The molecule has 0 aliphatic heterocycles. The minimum atomic E-state index is -3.80. The van der Waals surface area contributed by atoms with E-state index in [0.29, 0.717) is 8.81 Å². The molecule has 0 atom stereocenters. The van der Waals surface area contributed by atoms with Crippen molar-refractivity contribution in [1.82, 2.24) is 0 Å². The molecule has 1 aromatic heterocycles. The second-order valence-corrected chi connectivity index (χ2v) is 7.83. The van der Waals surface area contributed by atoms with Crippen LogP contribution in [0.4, 0.5) is 10.1 Å². The van der Waals surface area contributed by atoms with Gasteiger partial charge in [-0.3, -0.25) is 4.72 Å². The van der Waals surface area contributed by atoms with Crippen LogP contribution < -0.4 is 4.72 Å². The summed E-state index contributed by atoms with van der Waals surface area (Å²) in [5.41, 5.74) is -0.109. The van der Waals surface area contributed by atoms with Gasteiger partial charge < -0.3 is 0 Å². The van der Waals surface area contributed by atoms with Crippen LogP contribution >= 0.6 is 38.9 Å². The molecular formula is C10H6BrClFNO2S2. The third kappa shape index (κ3) is 3.03. The predicted octanol–water partition coefficient (Wildman–Crippen LogP) is 4.10. The van der Waals surface area contributed by atoms with Crippen molar-refractivity contribution in [2.24, 2.45) is 0 Å². The fourth-order valence-corrected chi connectivity index (χ4v) is 4.09. The van der Waals surface area contributed by atoms with Crippen molar-refractivity contribution in [1.29, 1.82) is 0 Å². The van der Waals surface area contributed by atoms with Gasteiger partial charge in [0.2, 0.25) is 0 Å². The van der Waals surface area contributed by atoms with Crippen LogP contribution in [0.15, 0.2) is 39.0 Å². The Morgan fingerprint density at radius 3 is 2.56 bits per heavy atom. The molecule has 1 aromatic carbocycles. The van der Waals surface area contributed by atoms with Gasteiger partial charge in [-0.2, -0.15) is 0 Å². The fraction of sp³-hybridized carbons (Fsp3) is 0. The third-order valence-corrected chi connectivity index (χ3v) is 5.57. The lowest BCUT2D eigenvalue weighted by Gasteiger charge is -2.07. The molecule has 0 spiro atoms. The molecule has 0 aliphatic carbocycles. The highest BCUT2D eigenvalue weighted by Crippen LogP contribution is 2.28. The normalized spacial score (nSPS) is 11.5. The van der Waals surface area contributed by atoms with E-state index < -0.39 is 15.8 Å². The summed E-state index contributed by atoms with van der Waals surface area (Å²) in [4.78, 5) is 0. The van der Waals surface area contributed by atoms with Gasteiger partial charge in [-0.15, -0.1) is 11.3 Å². The van der Waals surface area contributed by atoms with E-state index in [4.69, 9.17) is 11.6 Å². The topological polar surface area (TPSA) is 46.2 Å². The first kappa shape index (κ1) is 13.8. The summed E-state index contributed by atoms with van der Waals surface area (Å²) in [6, 6.07) is 6.90. The first-order chi connectivity index (χ1) is 8.38. The maximum Gasteiger partial charge on any atom is 0.271 e. The Morgan fingerprint density at radius 1 is 1.28 bits per heavy atom. The largest absolute Gasteiger partial charge is 0.276 e. The fourth-order valence-electron chi connectivity index (χ4n) is 1.21. The van der Waals surface area contributed by atoms with Crippen LogP contribution in [0.5, 0.6) is 0 Å². The first-order valence-electron chi connectivity index (χ1n) is 4.62. The zero-order chi connectivity index (χ0) is 13.3. The van der Waals surface area contributed by atoms with Crippen molar-refractivity contribution in [3.63, 3.8) is 0 Å². The van der Waals surface area contributed by atoms with E-state index in [1.807, 2.05) is 0 Å². The van der Waals surface area contributed by atoms with Crippen LogP contribution in [-0.4, -0.2) is 8.42 Å². The lowest BCUT2D eigenvalue weighted by Crippen LogP contribution is -2.12. The molecule has 0 saturated carbocycles. The number of rotatable bonds is 3. The highest BCUT2D eigenvalue weighted by Gasteiger charge is 2.18. The van der Waals surface area contributed by atoms with E-state index in [0.717, 1.165) is 11.3 Å². The molecule has 0 bridgehead atoms. The number of anilines is 1. The van der Waals surface area contributed by atoms with Crippen molar-refractivity contribution in [2.75, 3.05) is 4.72 Å². The maximum atomic E-state index is 13.5. The van der Waals surface area contributed by atoms with Gasteiger partial charge in [-0.1, -0.05) is 27.5 Å². The van der Waals surface area contributed by atoms with Crippen molar-refractivity contribution in [3.8, 4) is 0 Å². The van der Waals surface area contributed by atoms with E-state index in [1.165, 1.54) is 24.3 Å². The molecule has 0 amide bonds. The number of halogens is 3. The molecule has 1 heterocycles. The van der Waals surface area contributed by atoms with Crippen LogP contribution in [0.2, 0.25) is 4.34 Å². The number of thiophene rings is 1. The molecule has 0 unspecified atom stereocenters. The molecule has 2 rings (SSSR count). The third-order valence-electron chi connectivity index (χ3n) is 1.99. The number of sulfonamides is 1. The van der Waals surface area contributed by atoms with Crippen molar-refractivity contribution in [2.45, 2.75) is 4.21 Å². The number of hydrogen-bond acceptors (Lipinski definition) is 3. The van der Waals surface area contributed by atoms with E-state index in [1.54, 1.807) is 6.07 Å². The van der Waals surface area contributed by atoms with Gasteiger partial charge >= 0.3 is 0 Å². The molecule has 0 saturated heterocycles. The highest BCUT2D eigenvalue weighted by molar-refractivity contribution is 9.10. The Kier molecular flexibility index (Phi) is 3.96. The standard InChI is InChI=1S/C10H6BrClFNO2S2/c11-6-1-2-8(7(13)5-6)14-18(15,16)10-4-3-9(12)17-10/h1-5,14H. The van der Waals surface area contributed by atoms with Crippen LogP contribution in [0.1, 0.15) is 0 Å². The van der Waals surface area contributed by atoms with E-state index in [-0.39, 0.29) is 9.90 Å². The molecule has 8 heteroatoms. The molecular weight excluding hydrogens is 365 g/mol. The maximum absolute atomic E-state index is 13.5. The van der Waals surface area contributed by atoms with Gasteiger partial charge in [-0.25, -0.2) is 12.8 Å². The van der Waals surface area contributed by atoms with Gasteiger partial charge in [0.05, 0.1) is 10.0 Å². The summed E-state index contributed by atoms with van der Waals surface area (Å²) in [6.45, 7) is 0. The Hall–Kier alpha value is -0.630. The van der Waals surface area contributed by atoms with Gasteiger partial charge in [0.1, 0.15) is 10.0 Å². The lowest BCUT2D eigenvalue weighted by molar-refractivity contribution is 0.600. The molecule has 0 aliphatic rings. The van der Waals surface area contributed by atoms with Crippen LogP contribution in [0, 0.1) is 5.82 Å². The summed E-state index contributed by atoms with van der Waals surface area (Å²) in [5.74, 6) is -0.657. The second kappa shape index (κ2) is 5.16. The Balaban J connectivity index is 2.33. The summed E-state index contributed by atoms with van der Waals surface area (Å²) in [5, 5.41) is 0. The molecule has 0 fully saturated rings. The van der Waals surface area contributed by atoms with Gasteiger partial charge in [0.25, 0.3) is 10.0 Å². The molecule has 3 nitrogen and oxygen atoms in total. The van der Waals surface area contributed by atoms with E-state index in [2.05, 4.69) is 20.7 Å². The number of nitrogens with one attached hydrogen (secondary N) is 1. The lowest BCUT2D eigenvalue weighted by atomic mass is 10.3. The van der Waals surface area contributed by atoms with Crippen LogP contribution in [-0.2, 0) is 10.0 Å². The number of hydrogen-bond donors (Lipinski definition) is 1. The van der Waals surface area contributed by atoms with E-state index in [9.17, 15) is 12.8 Å². The zero-order valence-corrected chi connectivity index (χ0v) is 12.6. The number of benzene rings is 1. The van der Waals surface area contributed by atoms with Crippen molar-refractivity contribution in [3.05, 3.63) is 45.0 Å². The molecule has 1 N–H and O–H groups in total. The zero-order valence-electron chi connectivity index (χ0n) is 8.65. The minimum Gasteiger partial charge on any atom is -0.276 e. The van der Waals surface area contributed by atoms with Gasteiger partial charge in [-0.05, 0) is 30.3 Å². The van der Waals surface area contributed by atoms with Crippen LogP contribution in [0.3, 0.4) is 0 Å². The molecule has 0 radical (unpaired) electrons. The quantitative estimate of drug-likeness (QED) is 0.884. The monoisotopic (exact) mass is 369 g/mol. The predicted molar refractivity (Wildman–Crippen MR) is 74.2 cm³/mol. The van der Waals surface area contributed by atoms with Crippen molar-refractivity contribution < 1.29 is 12.8 Å². The smallest absolute Gasteiger partial charge is 0.271 e. The average molecular weight is 371 g/mol. The summed E-state index contributed by atoms with van der Waals surface area (Å²) < 4.78 is 40.4. The van der Waals surface area contributed by atoms with Crippen molar-refractivity contribution >= 4 is 54.6 Å². The summed E-state index contributed by atoms with van der Waals surface area (Å²) in [6.07, 6.45) is 0. The minimum absolute atomic E-state index is 0.0369. The first-order valence-corrected chi connectivity index (χ1v) is 8.09. The average Bonchev–Trinajstić information content (AvgIpc) is 2.70. The highest BCUT2D eigenvalue weighted by atomic mass is 79.9. The second-order valence-electron chi connectivity index (χ2n) is 3.29. The molecule has 96 valence electrons. The Bertz CT molecular complexity index is 687. The summed E-state index contributed by atoms with van der Waals surface area (Å²) in [7, 11) is -3.80. The molecule has 18 heavy (non-hydrogen) atoms. The van der Waals surface area contributed by atoms with Gasteiger partial charge in [0.15, 0.2) is 0 Å². The Morgan fingerprint density at radius 2 is 2.00 bits per heavy atom. The SMILES string of the molecule is O=S(=O)(Nc1ccc(Br)cc1F)c1ccc(Cl)s1. The summed E-state index contributed by atoms with van der Waals surface area (Å²) >= 11 is 9.67.